The van der Waals surface area contributed by atoms with E-state index in [1.165, 1.54) is 12.8 Å². The first-order valence-corrected chi connectivity index (χ1v) is 7.77. The van der Waals surface area contributed by atoms with Crippen LogP contribution < -0.4 is 5.32 Å². The molecule has 1 saturated carbocycles. The van der Waals surface area contributed by atoms with Crippen LogP contribution in [0, 0.1) is 0 Å². The first-order chi connectivity index (χ1) is 9.76. The van der Waals surface area contributed by atoms with E-state index < -0.39 is 0 Å². The number of aromatic nitrogens is 2. The third-order valence-corrected chi connectivity index (χ3v) is 5.08. The number of ether oxygens (including phenoxy) is 1. The van der Waals surface area contributed by atoms with E-state index >= 15 is 0 Å². The quantitative estimate of drug-likeness (QED) is 0.863. The van der Waals surface area contributed by atoms with E-state index in [-0.39, 0.29) is 17.6 Å². The molecule has 20 heavy (non-hydrogen) atoms. The fourth-order valence-electron chi connectivity index (χ4n) is 4.07. The number of nitrogens with zero attached hydrogens (tertiary/aromatic N) is 1. The Morgan fingerprint density at radius 2 is 2.15 bits per heavy atom. The van der Waals surface area contributed by atoms with E-state index in [1.807, 2.05) is 0 Å². The second-order valence-corrected chi connectivity index (χ2v) is 6.46. The fourth-order valence-corrected chi connectivity index (χ4v) is 4.07. The van der Waals surface area contributed by atoms with Gasteiger partial charge in [-0.3, -0.25) is 9.89 Å². The van der Waals surface area contributed by atoms with Gasteiger partial charge in [0.25, 0.3) is 5.91 Å². The molecule has 5 nitrogen and oxygen atoms in total. The van der Waals surface area contributed by atoms with Gasteiger partial charge in [0.05, 0.1) is 18.2 Å². The second-order valence-electron chi connectivity index (χ2n) is 6.46. The minimum atomic E-state index is -0.0342. The van der Waals surface area contributed by atoms with Crippen molar-refractivity contribution in [3.63, 3.8) is 0 Å². The van der Waals surface area contributed by atoms with Crippen LogP contribution >= 0.6 is 0 Å². The predicted molar refractivity (Wildman–Crippen MR) is 73.6 cm³/mol. The van der Waals surface area contributed by atoms with Crippen LogP contribution in [0.5, 0.6) is 0 Å². The molecule has 2 aliphatic carbocycles. The topological polar surface area (TPSA) is 67.0 Å². The normalized spacial score (nSPS) is 27.1. The van der Waals surface area contributed by atoms with Crippen LogP contribution in [0.25, 0.3) is 0 Å². The van der Waals surface area contributed by atoms with E-state index in [4.69, 9.17) is 4.74 Å². The summed E-state index contributed by atoms with van der Waals surface area (Å²) in [5, 5.41) is 10.3. The highest BCUT2D eigenvalue weighted by Crippen LogP contribution is 2.40. The lowest BCUT2D eigenvalue weighted by Gasteiger charge is -2.21. The van der Waals surface area contributed by atoms with Gasteiger partial charge in [0.1, 0.15) is 0 Å². The highest BCUT2D eigenvalue weighted by Gasteiger charge is 2.43. The number of H-pyrrole nitrogens is 1. The summed E-state index contributed by atoms with van der Waals surface area (Å²) in [5.41, 5.74) is 2.93. The molecule has 1 atom stereocenters. The fraction of sp³-hybridized carbons (Fsp3) is 0.733. The molecule has 0 bridgehead atoms. The van der Waals surface area contributed by atoms with Crippen molar-refractivity contribution in [2.24, 2.45) is 0 Å². The van der Waals surface area contributed by atoms with Crippen LogP contribution in [-0.4, -0.2) is 34.4 Å². The van der Waals surface area contributed by atoms with Crippen LogP contribution in [0.3, 0.4) is 0 Å². The summed E-state index contributed by atoms with van der Waals surface area (Å²) in [6.07, 6.45) is 8.89. The van der Waals surface area contributed by atoms with Crippen LogP contribution in [-0.2, 0) is 17.6 Å². The van der Waals surface area contributed by atoms with Crippen LogP contribution in [0.2, 0.25) is 0 Å². The molecule has 2 heterocycles. The third kappa shape index (κ3) is 1.95. The molecule has 2 fully saturated rings. The Kier molecular flexibility index (Phi) is 2.84. The van der Waals surface area contributed by atoms with Crippen molar-refractivity contribution < 1.29 is 9.53 Å². The zero-order valence-electron chi connectivity index (χ0n) is 11.7. The van der Waals surface area contributed by atoms with E-state index in [2.05, 4.69) is 15.5 Å². The van der Waals surface area contributed by atoms with Crippen molar-refractivity contribution >= 4 is 5.91 Å². The molecule has 4 rings (SSSR count). The summed E-state index contributed by atoms with van der Waals surface area (Å²) < 4.78 is 5.98. The molecule has 5 heteroatoms. The predicted octanol–water partition coefficient (Wildman–Crippen LogP) is 1.73. The number of carbonyl (C=O) groups is 1. The molecule has 1 saturated heterocycles. The molecule has 0 aromatic carbocycles. The molecule has 108 valence electrons. The smallest absolute Gasteiger partial charge is 0.272 e. The number of amides is 1. The Morgan fingerprint density at radius 1 is 1.30 bits per heavy atom. The summed E-state index contributed by atoms with van der Waals surface area (Å²) in [6.45, 7) is 0.651. The molecule has 1 aliphatic heterocycles. The van der Waals surface area contributed by atoms with Gasteiger partial charge >= 0.3 is 0 Å². The Balaban J connectivity index is 1.43. The van der Waals surface area contributed by atoms with Crippen molar-refractivity contribution in [1.82, 2.24) is 15.5 Å². The zero-order chi connectivity index (χ0) is 13.6. The molecule has 1 spiro atoms. The summed E-state index contributed by atoms with van der Waals surface area (Å²) in [4.78, 5) is 12.4. The summed E-state index contributed by atoms with van der Waals surface area (Å²) in [6, 6.07) is 0.148. The van der Waals surface area contributed by atoms with E-state index in [0.717, 1.165) is 49.8 Å². The number of hydrogen-bond acceptors (Lipinski definition) is 3. The first-order valence-electron chi connectivity index (χ1n) is 7.77. The first kappa shape index (κ1) is 12.4. The summed E-state index contributed by atoms with van der Waals surface area (Å²) in [5.74, 6) is -0.0342. The SMILES string of the molecule is O=C(NC1COC2(CCCC2)C1)c1n[nH]c2c1CCC2. The molecule has 1 amide bonds. The molecular weight excluding hydrogens is 254 g/mol. The minimum absolute atomic E-state index is 0.0342. The highest BCUT2D eigenvalue weighted by atomic mass is 16.5. The molecule has 1 unspecified atom stereocenters. The Labute approximate surface area is 118 Å². The Hall–Kier alpha value is -1.36. The zero-order valence-corrected chi connectivity index (χ0v) is 11.7. The molecular formula is C15H21N3O2. The Bertz CT molecular complexity index is 531. The number of aryl methyl sites for hydroxylation is 1. The van der Waals surface area contributed by atoms with Crippen LogP contribution in [0.4, 0.5) is 0 Å². The van der Waals surface area contributed by atoms with E-state index in [1.54, 1.807) is 0 Å². The van der Waals surface area contributed by atoms with Gasteiger partial charge in [-0.2, -0.15) is 5.10 Å². The van der Waals surface area contributed by atoms with Crippen LogP contribution in [0.1, 0.15) is 60.3 Å². The van der Waals surface area contributed by atoms with Gasteiger partial charge in [-0.25, -0.2) is 0 Å². The number of nitrogens with one attached hydrogen (secondary N) is 2. The largest absolute Gasteiger partial charge is 0.373 e. The monoisotopic (exact) mass is 275 g/mol. The average molecular weight is 275 g/mol. The lowest BCUT2D eigenvalue weighted by molar-refractivity contribution is 0.00987. The number of hydrogen-bond donors (Lipinski definition) is 2. The molecule has 3 aliphatic rings. The van der Waals surface area contributed by atoms with Crippen molar-refractivity contribution in [2.75, 3.05) is 6.61 Å². The third-order valence-electron chi connectivity index (χ3n) is 5.08. The van der Waals surface area contributed by atoms with Crippen molar-refractivity contribution in [1.29, 1.82) is 0 Å². The summed E-state index contributed by atoms with van der Waals surface area (Å²) in [7, 11) is 0. The van der Waals surface area contributed by atoms with Gasteiger partial charge in [-0.05, 0) is 38.5 Å². The van der Waals surface area contributed by atoms with Crippen molar-refractivity contribution in [3.05, 3.63) is 17.0 Å². The lowest BCUT2D eigenvalue weighted by atomic mass is 9.96. The number of fused-ring (bicyclic) bond motifs is 1. The standard InChI is InChI=1S/C15H21N3O2/c19-14(13-11-4-3-5-12(11)17-18-13)16-10-8-15(20-9-10)6-1-2-7-15/h10H,1-9H2,(H,16,19)(H,17,18). The number of carbonyl (C=O) groups excluding carboxylic acids is 1. The van der Waals surface area contributed by atoms with Gasteiger partial charge < -0.3 is 10.1 Å². The molecule has 2 N–H and O–H groups in total. The molecule has 0 radical (unpaired) electrons. The van der Waals surface area contributed by atoms with Gasteiger partial charge in [0.2, 0.25) is 0 Å². The molecule has 1 aromatic rings. The number of rotatable bonds is 2. The van der Waals surface area contributed by atoms with Crippen LogP contribution in [0.15, 0.2) is 0 Å². The maximum Gasteiger partial charge on any atom is 0.272 e. The van der Waals surface area contributed by atoms with Gasteiger partial charge in [-0.15, -0.1) is 0 Å². The number of aromatic amines is 1. The Morgan fingerprint density at radius 3 is 3.00 bits per heavy atom. The van der Waals surface area contributed by atoms with E-state index in [9.17, 15) is 4.79 Å². The maximum absolute atomic E-state index is 12.4. The highest BCUT2D eigenvalue weighted by molar-refractivity contribution is 5.94. The van der Waals surface area contributed by atoms with Gasteiger partial charge in [-0.1, -0.05) is 12.8 Å². The van der Waals surface area contributed by atoms with Crippen molar-refractivity contribution in [3.8, 4) is 0 Å². The molecule has 1 aromatic heterocycles. The maximum atomic E-state index is 12.4. The minimum Gasteiger partial charge on any atom is -0.373 e. The van der Waals surface area contributed by atoms with E-state index in [0.29, 0.717) is 12.3 Å². The average Bonchev–Trinajstić information content (AvgIpc) is 3.16. The van der Waals surface area contributed by atoms with Gasteiger partial charge in [0, 0.05) is 11.3 Å². The second kappa shape index (κ2) is 4.58. The lowest BCUT2D eigenvalue weighted by Crippen LogP contribution is -2.36. The van der Waals surface area contributed by atoms with Crippen molar-refractivity contribution in [2.45, 2.75) is 63.0 Å². The summed E-state index contributed by atoms with van der Waals surface area (Å²) >= 11 is 0. The van der Waals surface area contributed by atoms with Gasteiger partial charge in [0.15, 0.2) is 5.69 Å².